The SMILES string of the molecule is Cc1ccc(CN(C)C(=O)COc2ccc(-c3nc(C)cs3)cc2)cc1. The van der Waals surface area contributed by atoms with Gasteiger partial charge < -0.3 is 9.64 Å². The van der Waals surface area contributed by atoms with E-state index in [1.807, 2.05) is 55.6 Å². The summed E-state index contributed by atoms with van der Waals surface area (Å²) in [5.74, 6) is 0.629. The summed E-state index contributed by atoms with van der Waals surface area (Å²) in [6, 6.07) is 15.9. The van der Waals surface area contributed by atoms with E-state index in [0.29, 0.717) is 12.3 Å². The largest absolute Gasteiger partial charge is 0.484 e. The van der Waals surface area contributed by atoms with Crippen molar-refractivity contribution in [1.82, 2.24) is 9.88 Å². The molecule has 0 N–H and O–H groups in total. The van der Waals surface area contributed by atoms with E-state index < -0.39 is 0 Å². The van der Waals surface area contributed by atoms with Crippen molar-refractivity contribution < 1.29 is 9.53 Å². The predicted molar refractivity (Wildman–Crippen MR) is 105 cm³/mol. The molecule has 0 spiro atoms. The third-order valence-corrected chi connectivity index (χ3v) is 5.06. The van der Waals surface area contributed by atoms with Crippen LogP contribution in [0.3, 0.4) is 0 Å². The molecule has 0 fully saturated rings. The van der Waals surface area contributed by atoms with Gasteiger partial charge in [-0.05, 0) is 43.7 Å². The van der Waals surface area contributed by atoms with Crippen LogP contribution in [0.15, 0.2) is 53.9 Å². The standard InChI is InChI=1S/C21H22N2O2S/c1-15-4-6-17(7-5-15)12-23(3)20(24)13-25-19-10-8-18(9-11-19)21-22-16(2)14-26-21/h4-11,14H,12-13H2,1-3H3. The Balaban J connectivity index is 1.52. The molecule has 1 aromatic heterocycles. The Morgan fingerprint density at radius 3 is 2.38 bits per heavy atom. The molecule has 0 saturated heterocycles. The van der Waals surface area contributed by atoms with Crippen LogP contribution in [0.4, 0.5) is 0 Å². The lowest BCUT2D eigenvalue weighted by Gasteiger charge is -2.17. The van der Waals surface area contributed by atoms with E-state index >= 15 is 0 Å². The minimum absolute atomic E-state index is 0.0259. The van der Waals surface area contributed by atoms with Crippen LogP contribution in [-0.4, -0.2) is 29.4 Å². The Hall–Kier alpha value is -2.66. The summed E-state index contributed by atoms with van der Waals surface area (Å²) in [6.45, 7) is 4.63. The summed E-state index contributed by atoms with van der Waals surface area (Å²) in [5.41, 5.74) is 4.39. The van der Waals surface area contributed by atoms with Crippen molar-refractivity contribution in [2.24, 2.45) is 0 Å². The van der Waals surface area contributed by atoms with Gasteiger partial charge in [-0.15, -0.1) is 11.3 Å². The molecule has 0 atom stereocenters. The second-order valence-electron chi connectivity index (χ2n) is 6.34. The molecule has 1 heterocycles. The zero-order valence-corrected chi connectivity index (χ0v) is 16.0. The van der Waals surface area contributed by atoms with Gasteiger partial charge in [-0.2, -0.15) is 0 Å². The molecule has 0 unspecified atom stereocenters. The lowest BCUT2D eigenvalue weighted by molar-refractivity contribution is -0.132. The van der Waals surface area contributed by atoms with E-state index in [2.05, 4.69) is 17.1 Å². The van der Waals surface area contributed by atoms with Crippen LogP contribution < -0.4 is 4.74 Å². The minimum Gasteiger partial charge on any atom is -0.484 e. The molecule has 26 heavy (non-hydrogen) atoms. The molecular weight excluding hydrogens is 344 g/mol. The van der Waals surface area contributed by atoms with Crippen LogP contribution in [0.1, 0.15) is 16.8 Å². The molecule has 0 radical (unpaired) electrons. The Morgan fingerprint density at radius 1 is 1.08 bits per heavy atom. The van der Waals surface area contributed by atoms with Crippen LogP contribution >= 0.6 is 11.3 Å². The van der Waals surface area contributed by atoms with E-state index in [9.17, 15) is 4.79 Å². The van der Waals surface area contributed by atoms with Crippen molar-refractivity contribution >= 4 is 17.2 Å². The molecule has 3 rings (SSSR count). The Labute approximate surface area is 158 Å². The van der Waals surface area contributed by atoms with Gasteiger partial charge in [-0.3, -0.25) is 4.79 Å². The first-order valence-corrected chi connectivity index (χ1v) is 9.34. The number of hydrogen-bond acceptors (Lipinski definition) is 4. The van der Waals surface area contributed by atoms with Gasteiger partial charge in [0.05, 0.1) is 0 Å². The number of carbonyl (C=O) groups excluding carboxylic acids is 1. The van der Waals surface area contributed by atoms with Gasteiger partial charge in [0.25, 0.3) is 5.91 Å². The topological polar surface area (TPSA) is 42.4 Å². The van der Waals surface area contributed by atoms with Crippen molar-refractivity contribution in [3.63, 3.8) is 0 Å². The highest BCUT2D eigenvalue weighted by atomic mass is 32.1. The lowest BCUT2D eigenvalue weighted by atomic mass is 10.1. The summed E-state index contributed by atoms with van der Waals surface area (Å²) in [4.78, 5) is 18.4. The fraction of sp³-hybridized carbons (Fsp3) is 0.238. The van der Waals surface area contributed by atoms with Crippen LogP contribution in [0.25, 0.3) is 10.6 Å². The van der Waals surface area contributed by atoms with Crippen molar-refractivity contribution in [3.05, 3.63) is 70.7 Å². The number of nitrogens with zero attached hydrogens (tertiary/aromatic N) is 2. The summed E-state index contributed by atoms with van der Waals surface area (Å²) in [5, 5.41) is 3.02. The molecule has 0 bridgehead atoms. The van der Waals surface area contributed by atoms with Gasteiger partial charge in [-0.25, -0.2) is 4.98 Å². The van der Waals surface area contributed by atoms with Crippen molar-refractivity contribution in [2.45, 2.75) is 20.4 Å². The molecular formula is C21H22N2O2S. The molecule has 4 nitrogen and oxygen atoms in total. The van der Waals surface area contributed by atoms with E-state index in [-0.39, 0.29) is 12.5 Å². The molecule has 1 amide bonds. The van der Waals surface area contributed by atoms with Crippen molar-refractivity contribution in [1.29, 1.82) is 0 Å². The maximum Gasteiger partial charge on any atom is 0.260 e. The maximum atomic E-state index is 12.3. The Kier molecular flexibility index (Phi) is 5.68. The molecule has 134 valence electrons. The number of aryl methyl sites for hydroxylation is 2. The molecule has 0 saturated carbocycles. The average Bonchev–Trinajstić information content (AvgIpc) is 3.08. The second kappa shape index (κ2) is 8.15. The third-order valence-electron chi connectivity index (χ3n) is 4.05. The van der Waals surface area contributed by atoms with E-state index in [4.69, 9.17) is 4.74 Å². The number of aromatic nitrogens is 1. The van der Waals surface area contributed by atoms with Crippen LogP contribution in [0.2, 0.25) is 0 Å². The normalized spacial score (nSPS) is 10.6. The Bertz CT molecular complexity index is 870. The first kappa shape index (κ1) is 18.1. The van der Waals surface area contributed by atoms with E-state index in [1.54, 1.807) is 23.3 Å². The monoisotopic (exact) mass is 366 g/mol. The van der Waals surface area contributed by atoms with Gasteiger partial charge in [0.1, 0.15) is 10.8 Å². The second-order valence-corrected chi connectivity index (χ2v) is 7.20. The molecule has 3 aromatic rings. The first-order valence-electron chi connectivity index (χ1n) is 8.46. The van der Waals surface area contributed by atoms with Crippen LogP contribution in [-0.2, 0) is 11.3 Å². The maximum absolute atomic E-state index is 12.3. The van der Waals surface area contributed by atoms with Crippen LogP contribution in [0.5, 0.6) is 5.75 Å². The number of rotatable bonds is 6. The van der Waals surface area contributed by atoms with Crippen LogP contribution in [0, 0.1) is 13.8 Å². The summed E-state index contributed by atoms with van der Waals surface area (Å²) in [6.07, 6.45) is 0. The van der Waals surface area contributed by atoms with Gasteiger partial charge in [0.2, 0.25) is 0 Å². The highest BCUT2D eigenvalue weighted by molar-refractivity contribution is 7.13. The van der Waals surface area contributed by atoms with Gasteiger partial charge in [0.15, 0.2) is 6.61 Å². The minimum atomic E-state index is -0.0507. The highest BCUT2D eigenvalue weighted by Gasteiger charge is 2.10. The number of hydrogen-bond donors (Lipinski definition) is 0. The van der Waals surface area contributed by atoms with Crippen molar-refractivity contribution in [2.75, 3.05) is 13.7 Å². The highest BCUT2D eigenvalue weighted by Crippen LogP contribution is 2.25. The molecule has 2 aromatic carbocycles. The quantitative estimate of drug-likeness (QED) is 0.647. The van der Waals surface area contributed by atoms with Gasteiger partial charge in [-0.1, -0.05) is 29.8 Å². The fourth-order valence-electron chi connectivity index (χ4n) is 2.49. The zero-order valence-electron chi connectivity index (χ0n) is 15.2. The van der Waals surface area contributed by atoms with Gasteiger partial charge >= 0.3 is 0 Å². The summed E-state index contributed by atoms with van der Waals surface area (Å²) >= 11 is 1.62. The number of amides is 1. The number of carbonyl (C=O) groups is 1. The van der Waals surface area contributed by atoms with E-state index in [0.717, 1.165) is 21.8 Å². The molecule has 0 aliphatic heterocycles. The lowest BCUT2D eigenvalue weighted by Crippen LogP contribution is -2.30. The number of benzene rings is 2. The molecule has 0 aliphatic carbocycles. The number of likely N-dealkylation sites (N-methyl/N-ethyl adjacent to an activating group) is 1. The van der Waals surface area contributed by atoms with E-state index in [1.165, 1.54) is 5.56 Å². The zero-order chi connectivity index (χ0) is 18.5. The Morgan fingerprint density at radius 2 is 1.77 bits per heavy atom. The number of ether oxygens (including phenoxy) is 1. The first-order chi connectivity index (χ1) is 12.5. The van der Waals surface area contributed by atoms with Crippen molar-refractivity contribution in [3.8, 4) is 16.3 Å². The average molecular weight is 366 g/mol. The molecule has 5 heteroatoms. The molecule has 0 aliphatic rings. The summed E-state index contributed by atoms with van der Waals surface area (Å²) in [7, 11) is 1.79. The third kappa shape index (κ3) is 4.70. The fourth-order valence-corrected chi connectivity index (χ4v) is 3.29. The van der Waals surface area contributed by atoms with Gasteiger partial charge in [0, 0.05) is 30.2 Å². The number of thiazole rings is 1. The summed E-state index contributed by atoms with van der Waals surface area (Å²) < 4.78 is 5.63. The predicted octanol–water partition coefficient (Wildman–Crippen LogP) is 4.46. The smallest absolute Gasteiger partial charge is 0.260 e.